The number of carbonyl (C=O) groups is 4. The quantitative estimate of drug-likeness (QED) is 0.291. The summed E-state index contributed by atoms with van der Waals surface area (Å²) in [4.78, 5) is 52.0. The number of esters is 1. The van der Waals surface area contributed by atoms with Gasteiger partial charge in [-0.3, -0.25) is 14.4 Å². The molecule has 1 aromatic carbocycles. The molecule has 2 N–H and O–H groups in total. The topological polar surface area (TPSA) is 114 Å². The second kappa shape index (κ2) is 15.8. The minimum Gasteiger partial charge on any atom is -0.468 e. The van der Waals surface area contributed by atoms with Crippen LogP contribution in [0.5, 0.6) is 0 Å². The molecule has 1 atom stereocenters. The summed E-state index contributed by atoms with van der Waals surface area (Å²) in [5.41, 5.74) is 0.774. The van der Waals surface area contributed by atoms with Crippen molar-refractivity contribution >= 4 is 23.9 Å². The molecule has 3 amide bonds. The number of unbranched alkanes of at least 4 members (excludes halogenated alkanes) is 5. The summed E-state index contributed by atoms with van der Waals surface area (Å²) in [6.07, 6.45) is 5.35. The first kappa shape index (κ1) is 30.9. The number of nitrogens with zero attached hydrogens (tertiary/aromatic N) is 1. The fourth-order valence-electron chi connectivity index (χ4n) is 3.70. The van der Waals surface area contributed by atoms with Crippen LogP contribution >= 0.6 is 0 Å². The molecule has 9 nitrogen and oxygen atoms in total. The van der Waals surface area contributed by atoms with Crippen molar-refractivity contribution in [1.82, 2.24) is 15.5 Å². The Balaban J connectivity index is 3.16. The third-order valence-electron chi connectivity index (χ3n) is 5.53. The van der Waals surface area contributed by atoms with Gasteiger partial charge < -0.3 is 25.0 Å². The molecule has 0 aliphatic carbocycles. The van der Waals surface area contributed by atoms with E-state index in [0.717, 1.165) is 37.7 Å². The van der Waals surface area contributed by atoms with Crippen molar-refractivity contribution in [1.29, 1.82) is 0 Å². The number of hydrogen-bond acceptors (Lipinski definition) is 6. The van der Waals surface area contributed by atoms with Crippen LogP contribution < -0.4 is 10.6 Å². The van der Waals surface area contributed by atoms with Gasteiger partial charge in [-0.05, 0) is 45.2 Å². The third-order valence-corrected chi connectivity index (χ3v) is 5.53. The van der Waals surface area contributed by atoms with Crippen LogP contribution in [0.2, 0.25) is 0 Å². The molecule has 1 aromatic rings. The Kier molecular flexibility index (Phi) is 13.6. The first-order chi connectivity index (χ1) is 17.0. The number of nitrogens with one attached hydrogen (secondary N) is 2. The van der Waals surface area contributed by atoms with Crippen LogP contribution in [0.3, 0.4) is 0 Å². The number of aryl methyl sites for hydroxylation is 1. The molecule has 1 rings (SSSR count). The van der Waals surface area contributed by atoms with Crippen molar-refractivity contribution in [2.45, 2.75) is 84.8 Å². The number of methoxy groups -OCH3 is 1. The highest BCUT2D eigenvalue weighted by molar-refractivity contribution is 5.92. The first-order valence-electron chi connectivity index (χ1n) is 12.7. The fraction of sp³-hybridized carbons (Fsp3) is 0.630. The molecule has 0 radical (unpaired) electrons. The smallest absolute Gasteiger partial charge is 0.408 e. The van der Waals surface area contributed by atoms with E-state index in [1.807, 2.05) is 19.1 Å². The van der Waals surface area contributed by atoms with Crippen molar-refractivity contribution in [3.05, 3.63) is 35.4 Å². The summed E-state index contributed by atoms with van der Waals surface area (Å²) in [6.45, 7) is 8.91. The molecular formula is C27H43N3O6. The number of carbonyl (C=O) groups excluding carboxylic acids is 4. The zero-order chi connectivity index (χ0) is 27.1. The van der Waals surface area contributed by atoms with Crippen molar-refractivity contribution in [3.8, 4) is 0 Å². The van der Waals surface area contributed by atoms with Crippen molar-refractivity contribution in [3.63, 3.8) is 0 Å². The number of hydrogen-bond donors (Lipinski definition) is 2. The van der Waals surface area contributed by atoms with E-state index in [0.29, 0.717) is 18.5 Å². The van der Waals surface area contributed by atoms with Crippen molar-refractivity contribution in [2.75, 3.05) is 26.7 Å². The average Bonchev–Trinajstić information content (AvgIpc) is 2.82. The van der Waals surface area contributed by atoms with Gasteiger partial charge in [0.25, 0.3) is 0 Å². The van der Waals surface area contributed by atoms with Crippen molar-refractivity contribution < 1.29 is 28.7 Å². The average molecular weight is 506 g/mol. The van der Waals surface area contributed by atoms with Gasteiger partial charge in [-0.25, -0.2) is 4.79 Å². The lowest BCUT2D eigenvalue weighted by Crippen LogP contribution is -2.49. The van der Waals surface area contributed by atoms with E-state index in [1.54, 1.807) is 32.9 Å². The maximum Gasteiger partial charge on any atom is 0.408 e. The highest BCUT2D eigenvalue weighted by Gasteiger charge is 2.32. The van der Waals surface area contributed by atoms with Gasteiger partial charge in [0.2, 0.25) is 11.8 Å². The maximum atomic E-state index is 13.4. The Hall–Kier alpha value is -3.10. The Morgan fingerprint density at radius 1 is 0.944 bits per heavy atom. The number of alkyl carbamates (subject to hydrolysis) is 1. The highest BCUT2D eigenvalue weighted by Crippen LogP contribution is 2.25. The van der Waals surface area contributed by atoms with E-state index in [-0.39, 0.29) is 13.1 Å². The molecule has 0 saturated carbocycles. The highest BCUT2D eigenvalue weighted by atomic mass is 16.6. The van der Waals surface area contributed by atoms with Crippen LogP contribution in [0.4, 0.5) is 4.79 Å². The van der Waals surface area contributed by atoms with Gasteiger partial charge in [0.15, 0.2) is 0 Å². The normalized spacial score (nSPS) is 11.8. The van der Waals surface area contributed by atoms with E-state index in [2.05, 4.69) is 22.3 Å². The summed E-state index contributed by atoms with van der Waals surface area (Å²) >= 11 is 0. The van der Waals surface area contributed by atoms with Crippen LogP contribution in [0.1, 0.15) is 83.4 Å². The van der Waals surface area contributed by atoms with Gasteiger partial charge in [-0.15, -0.1) is 0 Å². The molecule has 0 bridgehead atoms. The summed E-state index contributed by atoms with van der Waals surface area (Å²) in [5, 5.41) is 5.09. The maximum absolute atomic E-state index is 13.4. The Bertz CT molecular complexity index is 865. The minimum absolute atomic E-state index is 0.313. The van der Waals surface area contributed by atoms with Gasteiger partial charge in [0.1, 0.15) is 24.7 Å². The zero-order valence-electron chi connectivity index (χ0n) is 22.6. The van der Waals surface area contributed by atoms with Crippen molar-refractivity contribution in [2.24, 2.45) is 0 Å². The van der Waals surface area contributed by atoms with Gasteiger partial charge in [-0.2, -0.15) is 0 Å². The number of benzene rings is 1. The molecule has 0 aromatic heterocycles. The molecule has 0 aliphatic heterocycles. The number of amides is 3. The second-order valence-electron chi connectivity index (χ2n) is 9.76. The largest absolute Gasteiger partial charge is 0.468 e. The zero-order valence-corrected chi connectivity index (χ0v) is 22.6. The van der Waals surface area contributed by atoms with Crippen LogP contribution in [0, 0.1) is 6.92 Å². The molecule has 0 spiro atoms. The van der Waals surface area contributed by atoms with Gasteiger partial charge >= 0.3 is 12.1 Å². The minimum atomic E-state index is -0.973. The monoisotopic (exact) mass is 505 g/mol. The molecule has 0 fully saturated rings. The van der Waals surface area contributed by atoms with E-state index in [4.69, 9.17) is 4.74 Å². The van der Waals surface area contributed by atoms with Crippen LogP contribution in [0.25, 0.3) is 0 Å². The molecular weight excluding hydrogens is 462 g/mol. The summed E-state index contributed by atoms with van der Waals surface area (Å²) in [7, 11) is 1.24. The van der Waals surface area contributed by atoms with Crippen LogP contribution in [-0.2, 0) is 23.9 Å². The Morgan fingerprint density at radius 3 is 2.19 bits per heavy atom. The van der Waals surface area contributed by atoms with Crippen LogP contribution in [-0.4, -0.2) is 61.1 Å². The summed E-state index contributed by atoms with van der Waals surface area (Å²) in [5.74, 6) is -1.51. The molecule has 0 heterocycles. The molecule has 9 heteroatoms. The third kappa shape index (κ3) is 11.6. The fourth-order valence-corrected chi connectivity index (χ4v) is 3.70. The van der Waals surface area contributed by atoms with Gasteiger partial charge in [0, 0.05) is 6.54 Å². The predicted octanol–water partition coefficient (Wildman–Crippen LogP) is 4.04. The van der Waals surface area contributed by atoms with Crippen LogP contribution in [0.15, 0.2) is 24.3 Å². The van der Waals surface area contributed by atoms with Gasteiger partial charge in [-0.1, -0.05) is 63.3 Å². The molecule has 36 heavy (non-hydrogen) atoms. The SMILES string of the molecule is CCCCCCCCN(C(=O)CNC(=O)OC(C)(C)C)C(C(=O)NCC(=O)OC)c1ccccc1C. The molecule has 1 unspecified atom stereocenters. The lowest BCUT2D eigenvalue weighted by Gasteiger charge is -2.32. The van der Waals surface area contributed by atoms with E-state index in [1.165, 1.54) is 12.0 Å². The second-order valence-corrected chi connectivity index (χ2v) is 9.76. The number of rotatable bonds is 14. The molecule has 0 saturated heterocycles. The lowest BCUT2D eigenvalue weighted by molar-refractivity contribution is -0.143. The first-order valence-corrected chi connectivity index (χ1v) is 12.7. The van der Waals surface area contributed by atoms with E-state index >= 15 is 0 Å². The van der Waals surface area contributed by atoms with E-state index in [9.17, 15) is 19.2 Å². The molecule has 202 valence electrons. The summed E-state index contributed by atoms with van der Waals surface area (Å²) < 4.78 is 9.88. The predicted molar refractivity (Wildman–Crippen MR) is 138 cm³/mol. The van der Waals surface area contributed by atoms with Gasteiger partial charge in [0.05, 0.1) is 7.11 Å². The summed E-state index contributed by atoms with van der Waals surface area (Å²) in [6, 6.07) is 6.34. The molecule has 0 aliphatic rings. The lowest BCUT2D eigenvalue weighted by atomic mass is 9.98. The Morgan fingerprint density at radius 2 is 1.58 bits per heavy atom. The van der Waals surface area contributed by atoms with E-state index < -0.39 is 35.5 Å². The standard InChI is InChI=1S/C27H43N3O6/c1-7-8-9-10-11-14-17-30(22(31)18-29-26(34)36-27(3,4)5)24(21-16-13-12-15-20(21)2)25(33)28-19-23(32)35-6/h12-13,15-16,24H,7-11,14,17-19H2,1-6H3,(H,28,33)(H,29,34). The number of ether oxygens (including phenoxy) is 2. The Labute approximate surface area is 215 Å².